The SMILES string of the molecule is CC1(C)CN(CC(=O)NCC2(c3ccccc3)CCCCC2)CCC1N. The summed E-state index contributed by atoms with van der Waals surface area (Å²) in [6, 6.07) is 11.0. The maximum absolute atomic E-state index is 12.6. The van der Waals surface area contributed by atoms with Gasteiger partial charge in [-0.15, -0.1) is 0 Å². The topological polar surface area (TPSA) is 58.4 Å². The molecular weight excluding hydrogens is 322 g/mol. The van der Waals surface area contributed by atoms with Gasteiger partial charge in [-0.3, -0.25) is 9.69 Å². The summed E-state index contributed by atoms with van der Waals surface area (Å²) in [4.78, 5) is 14.9. The lowest BCUT2D eigenvalue weighted by Gasteiger charge is -2.42. The summed E-state index contributed by atoms with van der Waals surface area (Å²) in [5, 5.41) is 3.27. The molecule has 1 atom stereocenters. The minimum atomic E-state index is 0.0765. The third kappa shape index (κ3) is 4.47. The number of nitrogens with zero attached hydrogens (tertiary/aromatic N) is 1. The smallest absolute Gasteiger partial charge is 0.234 e. The van der Waals surface area contributed by atoms with E-state index in [9.17, 15) is 4.79 Å². The van der Waals surface area contributed by atoms with Gasteiger partial charge in [-0.1, -0.05) is 63.4 Å². The minimum absolute atomic E-state index is 0.0765. The highest BCUT2D eigenvalue weighted by molar-refractivity contribution is 5.78. The number of likely N-dealkylation sites (tertiary alicyclic amines) is 1. The van der Waals surface area contributed by atoms with Gasteiger partial charge in [-0.25, -0.2) is 0 Å². The van der Waals surface area contributed by atoms with Crippen molar-refractivity contribution in [3.8, 4) is 0 Å². The van der Waals surface area contributed by atoms with Crippen LogP contribution in [0.15, 0.2) is 30.3 Å². The predicted octanol–water partition coefficient (Wildman–Crippen LogP) is 3.06. The molecule has 0 radical (unpaired) electrons. The zero-order chi connectivity index (χ0) is 18.6. The fraction of sp³-hybridized carbons (Fsp3) is 0.682. The quantitative estimate of drug-likeness (QED) is 0.851. The van der Waals surface area contributed by atoms with Gasteiger partial charge in [0.25, 0.3) is 0 Å². The summed E-state index contributed by atoms with van der Waals surface area (Å²) < 4.78 is 0. The normalized spacial score (nSPS) is 25.6. The van der Waals surface area contributed by atoms with Crippen LogP contribution < -0.4 is 11.1 Å². The molecular formula is C22H35N3O. The molecule has 3 N–H and O–H groups in total. The van der Waals surface area contributed by atoms with Gasteiger partial charge in [-0.2, -0.15) is 0 Å². The van der Waals surface area contributed by atoms with Gasteiger partial charge in [0.05, 0.1) is 6.54 Å². The minimum Gasteiger partial charge on any atom is -0.354 e. The lowest BCUT2D eigenvalue weighted by atomic mass is 9.69. The number of benzene rings is 1. The molecule has 0 aromatic heterocycles. The van der Waals surface area contributed by atoms with Crippen LogP contribution in [-0.4, -0.2) is 43.0 Å². The van der Waals surface area contributed by atoms with E-state index in [0.717, 1.165) is 26.1 Å². The lowest BCUT2D eigenvalue weighted by molar-refractivity contribution is -0.123. The first-order valence-corrected chi connectivity index (χ1v) is 10.2. The first kappa shape index (κ1) is 19.4. The van der Waals surface area contributed by atoms with Crippen LogP contribution in [0.2, 0.25) is 0 Å². The fourth-order valence-corrected chi connectivity index (χ4v) is 4.73. The van der Waals surface area contributed by atoms with Crippen molar-refractivity contribution < 1.29 is 4.79 Å². The first-order valence-electron chi connectivity index (χ1n) is 10.2. The molecule has 0 spiro atoms. The summed E-state index contributed by atoms with van der Waals surface area (Å²) in [7, 11) is 0. The van der Waals surface area contributed by atoms with E-state index in [2.05, 4.69) is 54.4 Å². The third-order valence-corrected chi connectivity index (χ3v) is 6.58. The highest BCUT2D eigenvalue weighted by Crippen LogP contribution is 2.39. The van der Waals surface area contributed by atoms with Crippen LogP contribution in [-0.2, 0) is 10.2 Å². The molecule has 1 unspecified atom stereocenters. The summed E-state index contributed by atoms with van der Waals surface area (Å²) in [6.45, 7) is 7.46. The molecule has 144 valence electrons. The van der Waals surface area contributed by atoms with Crippen LogP contribution in [0.4, 0.5) is 0 Å². The number of nitrogens with two attached hydrogens (primary N) is 1. The van der Waals surface area contributed by atoms with E-state index in [-0.39, 0.29) is 22.8 Å². The zero-order valence-corrected chi connectivity index (χ0v) is 16.5. The number of amides is 1. The molecule has 1 aliphatic heterocycles. The largest absolute Gasteiger partial charge is 0.354 e. The van der Waals surface area contributed by atoms with Crippen LogP contribution in [0.25, 0.3) is 0 Å². The van der Waals surface area contributed by atoms with E-state index >= 15 is 0 Å². The molecule has 26 heavy (non-hydrogen) atoms. The van der Waals surface area contributed by atoms with Crippen molar-refractivity contribution in [3.63, 3.8) is 0 Å². The van der Waals surface area contributed by atoms with Crippen LogP contribution in [0.3, 0.4) is 0 Å². The van der Waals surface area contributed by atoms with Gasteiger partial charge >= 0.3 is 0 Å². The molecule has 1 saturated carbocycles. The second-order valence-electron chi connectivity index (χ2n) is 9.08. The van der Waals surface area contributed by atoms with Gasteiger partial charge in [0.15, 0.2) is 0 Å². The van der Waals surface area contributed by atoms with E-state index in [1.165, 1.54) is 37.7 Å². The Morgan fingerprint density at radius 2 is 1.88 bits per heavy atom. The Morgan fingerprint density at radius 3 is 2.54 bits per heavy atom. The highest BCUT2D eigenvalue weighted by Gasteiger charge is 2.36. The number of piperidine rings is 1. The molecule has 4 nitrogen and oxygen atoms in total. The molecule has 1 aromatic rings. The summed E-state index contributed by atoms with van der Waals surface area (Å²) >= 11 is 0. The summed E-state index contributed by atoms with van der Waals surface area (Å²) in [5.41, 5.74) is 7.78. The van der Waals surface area contributed by atoms with Gasteiger partial charge < -0.3 is 11.1 Å². The Balaban J connectivity index is 1.58. The van der Waals surface area contributed by atoms with Crippen molar-refractivity contribution >= 4 is 5.91 Å². The number of carbonyl (C=O) groups is 1. The van der Waals surface area contributed by atoms with Crippen LogP contribution >= 0.6 is 0 Å². The molecule has 3 rings (SSSR count). The number of rotatable bonds is 5. The monoisotopic (exact) mass is 357 g/mol. The molecule has 2 aliphatic rings. The zero-order valence-electron chi connectivity index (χ0n) is 16.5. The van der Waals surface area contributed by atoms with E-state index in [4.69, 9.17) is 5.73 Å². The van der Waals surface area contributed by atoms with Gasteiger partial charge in [-0.05, 0) is 30.2 Å². The van der Waals surface area contributed by atoms with Crippen LogP contribution in [0, 0.1) is 5.41 Å². The number of hydrogen-bond acceptors (Lipinski definition) is 3. The van der Waals surface area contributed by atoms with Crippen molar-refractivity contribution in [1.29, 1.82) is 0 Å². The van der Waals surface area contributed by atoms with Gasteiger partial charge in [0.2, 0.25) is 5.91 Å². The van der Waals surface area contributed by atoms with Crippen molar-refractivity contribution in [1.82, 2.24) is 10.2 Å². The molecule has 1 heterocycles. The average Bonchev–Trinajstić information content (AvgIpc) is 2.64. The molecule has 1 aromatic carbocycles. The van der Waals surface area contributed by atoms with Crippen molar-refractivity contribution in [3.05, 3.63) is 35.9 Å². The van der Waals surface area contributed by atoms with Crippen LogP contribution in [0.5, 0.6) is 0 Å². The number of nitrogens with one attached hydrogen (secondary N) is 1. The maximum Gasteiger partial charge on any atom is 0.234 e. The summed E-state index contributed by atoms with van der Waals surface area (Å²) in [5.74, 6) is 0.150. The molecule has 1 aliphatic carbocycles. The molecule has 4 heteroatoms. The highest BCUT2D eigenvalue weighted by atomic mass is 16.2. The molecule has 1 amide bonds. The summed E-state index contributed by atoms with van der Waals surface area (Å²) in [6.07, 6.45) is 7.12. The predicted molar refractivity (Wildman–Crippen MR) is 107 cm³/mol. The molecule has 0 bridgehead atoms. The Labute approximate surface area is 158 Å². The van der Waals surface area contributed by atoms with Gasteiger partial charge in [0.1, 0.15) is 0 Å². The standard InChI is InChI=1S/C22H35N3O/c1-21(2)17-25(14-11-19(21)23)15-20(26)24-16-22(12-7-4-8-13-22)18-9-5-3-6-10-18/h3,5-6,9-10,19H,4,7-8,11-17,23H2,1-2H3,(H,24,26). The third-order valence-electron chi connectivity index (χ3n) is 6.58. The van der Waals surface area contributed by atoms with Crippen molar-refractivity contribution in [2.75, 3.05) is 26.2 Å². The van der Waals surface area contributed by atoms with E-state index in [0.29, 0.717) is 6.54 Å². The number of carbonyl (C=O) groups excluding carboxylic acids is 1. The Morgan fingerprint density at radius 1 is 1.19 bits per heavy atom. The Kier molecular flexibility index (Phi) is 6.03. The fourth-order valence-electron chi connectivity index (χ4n) is 4.73. The second-order valence-corrected chi connectivity index (χ2v) is 9.08. The molecule has 1 saturated heterocycles. The Hall–Kier alpha value is -1.39. The average molecular weight is 358 g/mol. The maximum atomic E-state index is 12.6. The van der Waals surface area contributed by atoms with E-state index < -0.39 is 0 Å². The van der Waals surface area contributed by atoms with E-state index in [1.807, 2.05) is 0 Å². The van der Waals surface area contributed by atoms with Crippen molar-refractivity contribution in [2.24, 2.45) is 11.1 Å². The Bertz CT molecular complexity index is 593. The second kappa shape index (κ2) is 8.10. The molecule has 2 fully saturated rings. The van der Waals surface area contributed by atoms with E-state index in [1.54, 1.807) is 0 Å². The number of hydrogen-bond donors (Lipinski definition) is 2. The van der Waals surface area contributed by atoms with Gasteiger partial charge in [0, 0.05) is 31.1 Å². The van der Waals surface area contributed by atoms with Crippen LogP contribution in [0.1, 0.15) is 57.9 Å². The first-order chi connectivity index (χ1) is 12.4. The van der Waals surface area contributed by atoms with Crippen molar-refractivity contribution in [2.45, 2.75) is 63.8 Å². The lowest BCUT2D eigenvalue weighted by Crippen LogP contribution is -2.54.